The van der Waals surface area contributed by atoms with Gasteiger partial charge in [-0.15, -0.1) is 0 Å². The first-order chi connectivity index (χ1) is 15.4. The summed E-state index contributed by atoms with van der Waals surface area (Å²) in [5.41, 5.74) is 1.84. The van der Waals surface area contributed by atoms with Crippen LogP contribution in [0.3, 0.4) is 0 Å². The largest absolute Gasteiger partial charge is 0.493 e. The van der Waals surface area contributed by atoms with Gasteiger partial charge in [0.05, 0.1) is 17.2 Å². The van der Waals surface area contributed by atoms with E-state index in [1.165, 1.54) is 19.3 Å². The van der Waals surface area contributed by atoms with Crippen LogP contribution in [0.1, 0.15) is 11.1 Å². The number of halogens is 3. The summed E-state index contributed by atoms with van der Waals surface area (Å²) in [6.45, 7) is 0.307. The number of hydrogen-bond acceptors (Lipinski definition) is 4. The van der Waals surface area contributed by atoms with Crippen LogP contribution < -0.4 is 14.8 Å². The first kappa shape index (κ1) is 23.5. The third kappa shape index (κ3) is 6.18. The molecule has 8 heteroatoms. The zero-order chi connectivity index (χ0) is 23.1. The summed E-state index contributed by atoms with van der Waals surface area (Å²) >= 11 is 17.9. The molecular formula is C24H17Cl3N2O3. The normalized spacial score (nSPS) is 10.9. The van der Waals surface area contributed by atoms with Crippen LogP contribution in [0.2, 0.25) is 15.1 Å². The van der Waals surface area contributed by atoms with E-state index in [0.29, 0.717) is 44.4 Å². The second-order valence-corrected chi connectivity index (χ2v) is 7.83. The van der Waals surface area contributed by atoms with Gasteiger partial charge < -0.3 is 14.8 Å². The molecule has 0 aliphatic heterocycles. The molecular weight excluding hydrogens is 471 g/mol. The number of amides is 1. The fourth-order valence-corrected chi connectivity index (χ4v) is 3.28. The van der Waals surface area contributed by atoms with Gasteiger partial charge in [-0.2, -0.15) is 5.26 Å². The van der Waals surface area contributed by atoms with Gasteiger partial charge >= 0.3 is 0 Å². The molecule has 5 nitrogen and oxygen atoms in total. The van der Waals surface area contributed by atoms with Gasteiger partial charge in [-0.1, -0.05) is 53.0 Å². The summed E-state index contributed by atoms with van der Waals surface area (Å²) in [6.07, 6.45) is 1.45. The monoisotopic (exact) mass is 486 g/mol. The van der Waals surface area contributed by atoms with Crippen molar-refractivity contribution in [3.05, 3.63) is 92.4 Å². The molecule has 0 atom stereocenters. The lowest BCUT2D eigenvalue weighted by Crippen LogP contribution is -2.13. The Kier molecular flexibility index (Phi) is 8.02. The number of methoxy groups -OCH3 is 1. The summed E-state index contributed by atoms with van der Waals surface area (Å²) in [5.74, 6) is 0.400. The zero-order valence-corrected chi connectivity index (χ0v) is 19.1. The van der Waals surface area contributed by atoms with Crippen molar-refractivity contribution >= 4 is 52.5 Å². The molecule has 0 fully saturated rings. The van der Waals surface area contributed by atoms with Crippen molar-refractivity contribution in [3.8, 4) is 17.6 Å². The number of rotatable bonds is 7. The minimum atomic E-state index is -0.578. The van der Waals surface area contributed by atoms with Crippen LogP contribution in [0.5, 0.6) is 11.5 Å². The Morgan fingerprint density at radius 1 is 1.03 bits per heavy atom. The Hall–Kier alpha value is -3.17. The third-order valence-electron chi connectivity index (χ3n) is 4.32. The van der Waals surface area contributed by atoms with Gasteiger partial charge in [0.15, 0.2) is 11.5 Å². The topological polar surface area (TPSA) is 71.3 Å². The average Bonchev–Trinajstić information content (AvgIpc) is 2.78. The van der Waals surface area contributed by atoms with Crippen LogP contribution in [0, 0.1) is 11.3 Å². The number of nitrogens with one attached hydrogen (secondary N) is 1. The molecule has 0 bridgehead atoms. The number of carbonyl (C=O) groups is 1. The van der Waals surface area contributed by atoms with Crippen molar-refractivity contribution in [2.45, 2.75) is 6.61 Å². The Morgan fingerprint density at radius 3 is 2.53 bits per heavy atom. The highest BCUT2D eigenvalue weighted by molar-refractivity contribution is 6.42. The number of nitriles is 1. The van der Waals surface area contributed by atoms with Crippen LogP contribution in [0.4, 0.5) is 5.69 Å². The first-order valence-electron chi connectivity index (χ1n) is 9.33. The van der Waals surface area contributed by atoms with Crippen molar-refractivity contribution in [2.75, 3.05) is 12.4 Å². The second-order valence-electron chi connectivity index (χ2n) is 6.58. The van der Waals surface area contributed by atoms with E-state index in [2.05, 4.69) is 5.32 Å². The summed E-state index contributed by atoms with van der Waals surface area (Å²) in [5, 5.41) is 13.4. The van der Waals surface area contributed by atoms with Crippen LogP contribution in [0.25, 0.3) is 6.08 Å². The molecule has 0 heterocycles. The number of carbonyl (C=O) groups excluding carboxylic acids is 1. The maximum atomic E-state index is 12.5. The van der Waals surface area contributed by atoms with Crippen LogP contribution in [0.15, 0.2) is 66.2 Å². The molecule has 3 aromatic carbocycles. The lowest BCUT2D eigenvalue weighted by molar-refractivity contribution is -0.112. The number of anilines is 1. The molecule has 0 radical (unpaired) electrons. The van der Waals surface area contributed by atoms with E-state index < -0.39 is 5.91 Å². The Balaban J connectivity index is 1.76. The lowest BCUT2D eigenvalue weighted by atomic mass is 10.1. The molecule has 32 heavy (non-hydrogen) atoms. The summed E-state index contributed by atoms with van der Waals surface area (Å²) in [4.78, 5) is 12.5. The van der Waals surface area contributed by atoms with E-state index in [4.69, 9.17) is 44.3 Å². The van der Waals surface area contributed by atoms with Gasteiger partial charge in [0.25, 0.3) is 5.91 Å². The smallest absolute Gasteiger partial charge is 0.266 e. The summed E-state index contributed by atoms with van der Waals surface area (Å²) in [7, 11) is 1.51. The fourth-order valence-electron chi connectivity index (χ4n) is 2.77. The molecule has 0 saturated carbocycles. The minimum Gasteiger partial charge on any atom is -0.493 e. The molecule has 162 valence electrons. The molecule has 1 N–H and O–H groups in total. The van der Waals surface area contributed by atoms with Crippen molar-refractivity contribution < 1.29 is 14.3 Å². The van der Waals surface area contributed by atoms with Gasteiger partial charge in [0.2, 0.25) is 0 Å². The molecule has 3 rings (SSSR count). The van der Waals surface area contributed by atoms with E-state index in [9.17, 15) is 10.1 Å². The Bertz CT molecular complexity index is 1220. The predicted octanol–water partition coefficient (Wildman–Crippen LogP) is 6.78. The van der Waals surface area contributed by atoms with Gasteiger partial charge in [-0.25, -0.2) is 0 Å². The summed E-state index contributed by atoms with van der Waals surface area (Å²) < 4.78 is 11.2. The molecule has 1 amide bonds. The second kappa shape index (κ2) is 10.9. The fraction of sp³-hybridized carbons (Fsp3) is 0.0833. The number of hydrogen-bond donors (Lipinski definition) is 1. The van der Waals surface area contributed by atoms with Crippen molar-refractivity contribution in [2.24, 2.45) is 0 Å². The molecule has 3 aromatic rings. The SMILES string of the molecule is COc1cc(/C=C(\C#N)C(=O)Nc2ccc(Cl)c(Cl)c2)ccc1OCc1cccc(Cl)c1. The van der Waals surface area contributed by atoms with Gasteiger partial charge in [-0.05, 0) is 59.7 Å². The van der Waals surface area contributed by atoms with Crippen LogP contribution >= 0.6 is 34.8 Å². The van der Waals surface area contributed by atoms with Crippen molar-refractivity contribution in [1.29, 1.82) is 5.26 Å². The number of ether oxygens (including phenoxy) is 2. The highest BCUT2D eigenvalue weighted by Gasteiger charge is 2.12. The Labute approximate surface area is 200 Å². The van der Waals surface area contributed by atoms with Crippen molar-refractivity contribution in [1.82, 2.24) is 0 Å². The van der Waals surface area contributed by atoms with E-state index >= 15 is 0 Å². The number of benzene rings is 3. The molecule has 0 saturated heterocycles. The maximum absolute atomic E-state index is 12.5. The highest BCUT2D eigenvalue weighted by Crippen LogP contribution is 2.30. The highest BCUT2D eigenvalue weighted by atomic mass is 35.5. The zero-order valence-electron chi connectivity index (χ0n) is 16.9. The maximum Gasteiger partial charge on any atom is 0.266 e. The quantitative estimate of drug-likeness (QED) is 0.294. The minimum absolute atomic E-state index is 0.0919. The van der Waals surface area contributed by atoms with E-state index in [0.717, 1.165) is 5.56 Å². The molecule has 0 unspecified atom stereocenters. The van der Waals surface area contributed by atoms with E-state index in [1.54, 1.807) is 36.4 Å². The third-order valence-corrected chi connectivity index (χ3v) is 5.30. The molecule has 0 spiro atoms. The Morgan fingerprint density at radius 2 is 1.84 bits per heavy atom. The van der Waals surface area contributed by atoms with E-state index in [-0.39, 0.29) is 5.57 Å². The lowest BCUT2D eigenvalue weighted by Gasteiger charge is -2.12. The number of nitrogens with zero attached hydrogens (tertiary/aromatic N) is 1. The molecule has 0 aliphatic rings. The molecule has 0 aliphatic carbocycles. The molecule has 0 aromatic heterocycles. The standard InChI is InChI=1S/C24H17Cl3N2O3/c1-31-23-11-15(5-8-22(23)32-14-16-3-2-4-18(25)10-16)9-17(13-28)24(30)29-19-6-7-20(26)21(27)12-19/h2-12H,14H2,1H3,(H,29,30)/b17-9+. The van der Waals surface area contributed by atoms with Gasteiger partial charge in [0.1, 0.15) is 18.2 Å². The van der Waals surface area contributed by atoms with Gasteiger partial charge in [0, 0.05) is 10.7 Å². The van der Waals surface area contributed by atoms with Gasteiger partial charge in [-0.3, -0.25) is 4.79 Å². The van der Waals surface area contributed by atoms with Crippen LogP contribution in [-0.4, -0.2) is 13.0 Å². The van der Waals surface area contributed by atoms with E-state index in [1.807, 2.05) is 24.3 Å². The summed E-state index contributed by atoms with van der Waals surface area (Å²) in [6, 6.07) is 19.0. The van der Waals surface area contributed by atoms with Crippen LogP contribution in [-0.2, 0) is 11.4 Å². The average molecular weight is 488 g/mol. The van der Waals surface area contributed by atoms with Crippen molar-refractivity contribution in [3.63, 3.8) is 0 Å². The predicted molar refractivity (Wildman–Crippen MR) is 127 cm³/mol. The first-order valence-corrected chi connectivity index (χ1v) is 10.5.